The Kier molecular flexibility index (Phi) is 10.5. The number of sulfonamides is 1. The fourth-order valence-corrected chi connectivity index (χ4v) is 9.34. The average Bonchev–Trinajstić information content (AvgIpc) is 3.87. The lowest BCUT2D eigenvalue weighted by Gasteiger charge is -2.27. The fraction of sp³-hybridized carbons (Fsp3) is 0.450. The highest BCUT2D eigenvalue weighted by molar-refractivity contribution is 7.93. The number of piperidine rings is 1. The molecular weight excluding hydrogens is 725 g/mol. The second-order valence-corrected chi connectivity index (χ2v) is 16.1. The van der Waals surface area contributed by atoms with Crippen molar-refractivity contribution in [3.8, 4) is 23.0 Å². The van der Waals surface area contributed by atoms with E-state index in [9.17, 15) is 0 Å². The van der Waals surface area contributed by atoms with E-state index in [1.165, 1.54) is 18.5 Å². The summed E-state index contributed by atoms with van der Waals surface area (Å²) < 4.78 is 68.4. The Hall–Kier alpha value is -4.99. The first kappa shape index (κ1) is 37.0. The third-order valence-electron chi connectivity index (χ3n) is 10.7. The van der Waals surface area contributed by atoms with Gasteiger partial charge in [-0.2, -0.15) is 5.10 Å². The second-order valence-electron chi connectivity index (χ2n) is 14.3. The van der Waals surface area contributed by atoms with Crippen LogP contribution in [0.1, 0.15) is 79.8 Å². The van der Waals surface area contributed by atoms with E-state index < -0.39 is 10.0 Å². The predicted octanol–water partition coefficient (Wildman–Crippen LogP) is 7.24. The minimum Gasteiger partial charge on any atom is -0.497 e. The molecule has 2 atom stereocenters. The van der Waals surface area contributed by atoms with E-state index in [-0.39, 0.29) is 40.9 Å². The summed E-state index contributed by atoms with van der Waals surface area (Å²) >= 11 is 0. The smallest absolute Gasteiger partial charge is 0.273 e. The maximum absolute atomic E-state index is 15.1. The van der Waals surface area contributed by atoms with Crippen molar-refractivity contribution in [2.24, 2.45) is 0 Å². The number of methoxy groups -OCH3 is 4. The molecule has 5 aromatic rings. The van der Waals surface area contributed by atoms with Gasteiger partial charge in [-0.15, -0.1) is 0 Å². The summed E-state index contributed by atoms with van der Waals surface area (Å²) in [6, 6.07) is 16.4. The van der Waals surface area contributed by atoms with Crippen molar-refractivity contribution in [1.82, 2.24) is 20.3 Å². The highest BCUT2D eigenvalue weighted by Crippen LogP contribution is 2.45. The molecule has 55 heavy (non-hydrogen) atoms. The molecule has 15 heteroatoms. The summed E-state index contributed by atoms with van der Waals surface area (Å²) in [7, 11) is 1.66. The predicted molar refractivity (Wildman–Crippen MR) is 208 cm³/mol. The van der Waals surface area contributed by atoms with Crippen LogP contribution in [0.15, 0.2) is 64.0 Å². The number of nitrogens with zero attached hydrogens (tertiary/aromatic N) is 4. The standard InChI is InChI=1S/C40H48N6O8S/c1-49-29-14-10-25(11-15-29)24-45(55(47,48)39-35(51-3)18-28(19-36(39)52-4)27-8-7-16-41-23-27)40-30-20-34(50-2)31(21-33(30)54-44-40)42-37-22-32(26-12-13-26)46(43-37)38-9-5-6-17-53-38/h10-11,14-15,18-22,26-27,38,41H,5-9,12-13,16-17,23-24H2,1-4H3,(H,42,43). The molecule has 0 radical (unpaired) electrons. The van der Waals surface area contributed by atoms with Gasteiger partial charge < -0.3 is 38.8 Å². The van der Waals surface area contributed by atoms with Gasteiger partial charge in [-0.1, -0.05) is 17.3 Å². The van der Waals surface area contributed by atoms with Crippen LogP contribution < -0.4 is 33.9 Å². The summed E-state index contributed by atoms with van der Waals surface area (Å²) in [6.45, 7) is 2.38. The van der Waals surface area contributed by atoms with Gasteiger partial charge in [0.2, 0.25) is 0 Å². The van der Waals surface area contributed by atoms with Gasteiger partial charge >= 0.3 is 0 Å². The summed E-state index contributed by atoms with van der Waals surface area (Å²) in [5.41, 5.74) is 3.74. The fourth-order valence-electron chi connectivity index (χ4n) is 7.64. The van der Waals surface area contributed by atoms with Crippen LogP contribution in [0.25, 0.3) is 11.0 Å². The molecule has 2 aromatic heterocycles. The number of ether oxygens (including phenoxy) is 5. The Morgan fingerprint density at radius 1 is 0.873 bits per heavy atom. The molecule has 0 bridgehead atoms. The monoisotopic (exact) mass is 772 g/mol. The number of anilines is 3. The topological polar surface area (TPSA) is 151 Å². The van der Waals surface area contributed by atoms with Crippen molar-refractivity contribution < 1.29 is 36.6 Å². The number of aromatic nitrogens is 3. The molecule has 3 aliphatic rings. The van der Waals surface area contributed by atoms with Crippen molar-refractivity contribution in [2.75, 3.05) is 57.8 Å². The van der Waals surface area contributed by atoms with Crippen molar-refractivity contribution in [2.45, 2.75) is 74.4 Å². The molecule has 292 valence electrons. The number of rotatable bonds is 14. The SMILES string of the molecule is COc1ccc(CN(c2noc3cc(Nc4cc(C5CC5)n(C5CCCCO5)n4)c(OC)cc23)S(=O)(=O)c2c(OC)cc(C3CCCNC3)cc2OC)cc1. The summed E-state index contributed by atoms with van der Waals surface area (Å²) in [4.78, 5) is -0.107. The van der Waals surface area contributed by atoms with Crippen molar-refractivity contribution in [3.63, 3.8) is 0 Å². The molecule has 2 unspecified atom stereocenters. The maximum Gasteiger partial charge on any atom is 0.273 e. The molecule has 4 heterocycles. The third kappa shape index (κ3) is 7.40. The number of benzene rings is 3. The number of hydrogen-bond donors (Lipinski definition) is 2. The molecule has 0 spiro atoms. The van der Waals surface area contributed by atoms with Gasteiger partial charge in [-0.25, -0.2) is 17.4 Å². The zero-order valence-corrected chi connectivity index (χ0v) is 32.5. The largest absolute Gasteiger partial charge is 0.497 e. The number of hydrogen-bond acceptors (Lipinski definition) is 12. The van der Waals surface area contributed by atoms with Crippen molar-refractivity contribution in [1.29, 1.82) is 0 Å². The minimum absolute atomic E-state index is 0.0788. The molecule has 1 aliphatic carbocycles. The van der Waals surface area contributed by atoms with Gasteiger partial charge in [0.05, 0.1) is 46.1 Å². The molecule has 3 fully saturated rings. The van der Waals surface area contributed by atoms with E-state index in [0.29, 0.717) is 45.5 Å². The van der Waals surface area contributed by atoms with Gasteiger partial charge in [0.1, 0.15) is 23.0 Å². The van der Waals surface area contributed by atoms with E-state index in [0.717, 1.165) is 75.9 Å². The van der Waals surface area contributed by atoms with Gasteiger partial charge in [0.25, 0.3) is 10.0 Å². The lowest BCUT2D eigenvalue weighted by atomic mass is 9.91. The van der Waals surface area contributed by atoms with Crippen LogP contribution in [0.5, 0.6) is 23.0 Å². The second kappa shape index (κ2) is 15.6. The first-order chi connectivity index (χ1) is 26.8. The molecule has 14 nitrogen and oxygen atoms in total. The van der Waals surface area contributed by atoms with E-state index in [4.69, 9.17) is 33.3 Å². The summed E-state index contributed by atoms with van der Waals surface area (Å²) in [6.07, 6.45) is 7.24. The molecule has 8 rings (SSSR count). The Labute approximate surface area is 321 Å². The van der Waals surface area contributed by atoms with Crippen LogP contribution in [-0.2, 0) is 21.3 Å². The quantitative estimate of drug-likeness (QED) is 0.117. The van der Waals surface area contributed by atoms with Crippen molar-refractivity contribution >= 4 is 38.3 Å². The van der Waals surface area contributed by atoms with Gasteiger partial charge in [-0.3, -0.25) is 0 Å². The maximum atomic E-state index is 15.1. The summed E-state index contributed by atoms with van der Waals surface area (Å²) in [5, 5.41) is 16.6. The zero-order chi connectivity index (χ0) is 38.1. The van der Waals surface area contributed by atoms with E-state index >= 15 is 8.42 Å². The van der Waals surface area contributed by atoms with E-state index in [1.807, 2.05) is 16.8 Å². The van der Waals surface area contributed by atoms with Gasteiger partial charge in [0, 0.05) is 36.9 Å². The average molecular weight is 773 g/mol. The molecule has 2 saturated heterocycles. The molecule has 2 N–H and O–H groups in total. The third-order valence-corrected chi connectivity index (χ3v) is 12.5. The van der Waals surface area contributed by atoms with Crippen LogP contribution in [0, 0.1) is 0 Å². The first-order valence-corrected chi connectivity index (χ1v) is 20.3. The van der Waals surface area contributed by atoms with Gasteiger partial charge in [0.15, 0.2) is 28.3 Å². The Morgan fingerprint density at radius 3 is 2.27 bits per heavy atom. The minimum atomic E-state index is -4.42. The van der Waals surface area contributed by atoms with Crippen LogP contribution in [0.3, 0.4) is 0 Å². The molecule has 1 saturated carbocycles. The molecule has 0 amide bonds. The van der Waals surface area contributed by atoms with Crippen LogP contribution in [-0.4, -0.2) is 71.5 Å². The summed E-state index contributed by atoms with van der Waals surface area (Å²) in [5.74, 6) is 2.85. The van der Waals surface area contributed by atoms with Crippen LogP contribution in [0.2, 0.25) is 0 Å². The number of nitrogens with one attached hydrogen (secondary N) is 2. The lowest BCUT2D eigenvalue weighted by Crippen LogP contribution is -2.32. The Bertz CT molecular complexity index is 2210. The van der Waals surface area contributed by atoms with Crippen LogP contribution in [0.4, 0.5) is 17.3 Å². The highest BCUT2D eigenvalue weighted by atomic mass is 32.2. The first-order valence-electron chi connectivity index (χ1n) is 18.9. The number of fused-ring (bicyclic) bond motifs is 1. The zero-order valence-electron chi connectivity index (χ0n) is 31.7. The van der Waals surface area contributed by atoms with E-state index in [2.05, 4.69) is 21.9 Å². The van der Waals surface area contributed by atoms with Crippen LogP contribution >= 0.6 is 0 Å². The van der Waals surface area contributed by atoms with Gasteiger partial charge in [-0.05, 0) is 98.9 Å². The normalized spacial score (nSPS) is 18.9. The molecule has 2 aliphatic heterocycles. The Morgan fingerprint density at radius 2 is 1.64 bits per heavy atom. The molecule has 3 aromatic carbocycles. The highest BCUT2D eigenvalue weighted by Gasteiger charge is 2.37. The Balaban J connectivity index is 1.19. The molecular formula is C40H48N6O8S. The van der Waals surface area contributed by atoms with Crippen molar-refractivity contribution in [3.05, 3.63) is 71.4 Å². The lowest BCUT2D eigenvalue weighted by molar-refractivity contribution is -0.0409. The van der Waals surface area contributed by atoms with E-state index in [1.54, 1.807) is 50.6 Å².